The highest BCUT2D eigenvalue weighted by Crippen LogP contribution is 2.12. The highest BCUT2D eigenvalue weighted by Gasteiger charge is 2.23. The zero-order chi connectivity index (χ0) is 20.2. The zero-order valence-electron chi connectivity index (χ0n) is 15.9. The number of nitrogens with zero attached hydrogens (tertiary/aromatic N) is 3. The van der Waals surface area contributed by atoms with E-state index in [1.54, 1.807) is 29.2 Å². The van der Waals surface area contributed by atoms with Gasteiger partial charge in [-0.3, -0.25) is 19.1 Å². The fourth-order valence-corrected chi connectivity index (χ4v) is 3.48. The van der Waals surface area contributed by atoms with Gasteiger partial charge in [-0.25, -0.2) is 4.79 Å². The number of nitrogens with one attached hydrogen (secondary N) is 1. The van der Waals surface area contributed by atoms with E-state index >= 15 is 0 Å². The van der Waals surface area contributed by atoms with Crippen molar-refractivity contribution in [3.63, 3.8) is 0 Å². The zero-order valence-corrected chi connectivity index (χ0v) is 15.9. The number of oxazole rings is 1. The van der Waals surface area contributed by atoms with Gasteiger partial charge in [0, 0.05) is 31.9 Å². The summed E-state index contributed by atoms with van der Waals surface area (Å²) in [7, 11) is 0. The van der Waals surface area contributed by atoms with Crippen molar-refractivity contribution in [3.05, 3.63) is 65.1 Å². The maximum absolute atomic E-state index is 12.7. The van der Waals surface area contributed by atoms with Crippen LogP contribution in [0.15, 0.2) is 63.8 Å². The van der Waals surface area contributed by atoms with Crippen LogP contribution in [0, 0.1) is 0 Å². The van der Waals surface area contributed by atoms with Crippen molar-refractivity contribution in [1.29, 1.82) is 0 Å². The van der Waals surface area contributed by atoms with Gasteiger partial charge >= 0.3 is 5.76 Å². The third kappa shape index (κ3) is 4.38. The van der Waals surface area contributed by atoms with Crippen molar-refractivity contribution in [3.8, 4) is 0 Å². The molecule has 0 bridgehead atoms. The molecule has 0 spiro atoms. The first kappa shape index (κ1) is 18.9. The summed E-state index contributed by atoms with van der Waals surface area (Å²) in [5, 5.41) is 2.87. The van der Waals surface area contributed by atoms with Gasteiger partial charge in [0.2, 0.25) is 11.8 Å². The molecule has 29 heavy (non-hydrogen) atoms. The second-order valence-electron chi connectivity index (χ2n) is 6.99. The largest absolute Gasteiger partial charge is 0.420 e. The number of rotatable bonds is 5. The van der Waals surface area contributed by atoms with Gasteiger partial charge in [0.15, 0.2) is 5.58 Å². The molecule has 1 fully saturated rings. The van der Waals surface area contributed by atoms with Crippen LogP contribution in [0.2, 0.25) is 0 Å². The average molecular weight is 394 g/mol. The molecule has 0 aliphatic carbocycles. The first-order valence-electron chi connectivity index (χ1n) is 9.53. The lowest BCUT2D eigenvalue weighted by Crippen LogP contribution is -2.51. The smallest absolute Gasteiger partial charge is 0.408 e. The minimum Gasteiger partial charge on any atom is -0.408 e. The third-order valence-electron chi connectivity index (χ3n) is 5.02. The Morgan fingerprint density at radius 3 is 2.34 bits per heavy atom. The fraction of sp³-hybridized carbons (Fsp3) is 0.286. The van der Waals surface area contributed by atoms with Crippen LogP contribution in [0.1, 0.15) is 0 Å². The van der Waals surface area contributed by atoms with Crippen LogP contribution < -0.4 is 11.1 Å². The van der Waals surface area contributed by atoms with Crippen LogP contribution in [-0.2, 0) is 16.1 Å². The number of fused-ring (bicyclic) bond motifs is 1. The summed E-state index contributed by atoms with van der Waals surface area (Å²) in [5.74, 6) is -0.741. The Morgan fingerprint density at radius 1 is 0.897 bits per heavy atom. The van der Waals surface area contributed by atoms with Gasteiger partial charge < -0.3 is 14.6 Å². The number of amides is 2. The number of aromatic nitrogens is 1. The molecule has 8 heteroatoms. The molecule has 1 aliphatic rings. The van der Waals surface area contributed by atoms with Gasteiger partial charge in [-0.05, 0) is 24.3 Å². The number of hydrogen-bond donors (Lipinski definition) is 1. The number of hydrogen-bond acceptors (Lipinski definition) is 5. The van der Waals surface area contributed by atoms with E-state index < -0.39 is 5.76 Å². The van der Waals surface area contributed by atoms with Crippen LogP contribution in [0.3, 0.4) is 0 Å². The van der Waals surface area contributed by atoms with Crippen LogP contribution >= 0.6 is 0 Å². The normalized spacial score (nSPS) is 14.8. The molecule has 8 nitrogen and oxygen atoms in total. The van der Waals surface area contributed by atoms with E-state index in [9.17, 15) is 14.4 Å². The van der Waals surface area contributed by atoms with E-state index in [4.69, 9.17) is 4.42 Å². The Kier molecular flexibility index (Phi) is 5.44. The van der Waals surface area contributed by atoms with Gasteiger partial charge in [0.25, 0.3) is 0 Å². The van der Waals surface area contributed by atoms with Crippen LogP contribution in [0.4, 0.5) is 5.69 Å². The summed E-state index contributed by atoms with van der Waals surface area (Å²) in [6.45, 7) is 2.47. The van der Waals surface area contributed by atoms with Gasteiger partial charge in [-0.15, -0.1) is 0 Å². The third-order valence-corrected chi connectivity index (χ3v) is 5.02. The molecule has 1 N–H and O–H groups in total. The summed E-state index contributed by atoms with van der Waals surface area (Å²) in [4.78, 5) is 40.6. The summed E-state index contributed by atoms with van der Waals surface area (Å²) >= 11 is 0. The molecule has 0 radical (unpaired) electrons. The molecule has 4 rings (SSSR count). The Hall–Kier alpha value is -3.39. The number of carbonyl (C=O) groups excluding carboxylic acids is 2. The molecule has 1 saturated heterocycles. The highest BCUT2D eigenvalue weighted by molar-refractivity contribution is 5.92. The van der Waals surface area contributed by atoms with Crippen molar-refractivity contribution < 1.29 is 14.0 Å². The molecule has 150 valence electrons. The average Bonchev–Trinajstić information content (AvgIpc) is 3.04. The SMILES string of the molecule is O=C(CN1CCN(C(=O)Cn2c(=O)oc3ccccc32)CC1)Nc1ccccc1. The number of benzene rings is 2. The van der Waals surface area contributed by atoms with Crippen molar-refractivity contribution in [2.24, 2.45) is 0 Å². The summed E-state index contributed by atoms with van der Waals surface area (Å²) in [5.41, 5.74) is 1.85. The first-order valence-corrected chi connectivity index (χ1v) is 9.53. The predicted octanol–water partition coefficient (Wildman–Crippen LogP) is 1.38. The molecule has 0 saturated carbocycles. The van der Waals surface area contributed by atoms with Crippen LogP contribution in [0.5, 0.6) is 0 Å². The molecular weight excluding hydrogens is 372 g/mol. The van der Waals surface area contributed by atoms with Gasteiger partial charge in [-0.2, -0.15) is 0 Å². The van der Waals surface area contributed by atoms with E-state index in [0.717, 1.165) is 5.69 Å². The standard InChI is InChI=1S/C21H22N4O4/c26-19(22-16-6-2-1-3-7-16)14-23-10-12-24(13-11-23)20(27)15-25-17-8-4-5-9-18(17)29-21(25)28/h1-9H,10-15H2,(H,22,26). The highest BCUT2D eigenvalue weighted by atomic mass is 16.4. The number of para-hydroxylation sites is 3. The quantitative estimate of drug-likeness (QED) is 0.706. The molecular formula is C21H22N4O4. The lowest BCUT2D eigenvalue weighted by atomic mass is 10.3. The topological polar surface area (TPSA) is 87.8 Å². The molecule has 2 aromatic carbocycles. The molecule has 0 unspecified atom stereocenters. The Morgan fingerprint density at radius 2 is 1.59 bits per heavy atom. The molecule has 1 aliphatic heterocycles. The molecule has 2 heterocycles. The van der Waals surface area contributed by atoms with Crippen molar-refractivity contribution in [1.82, 2.24) is 14.4 Å². The Labute approximate surface area is 167 Å². The van der Waals surface area contributed by atoms with Crippen LogP contribution in [0.25, 0.3) is 11.1 Å². The maximum atomic E-state index is 12.7. The Bertz CT molecular complexity index is 1060. The van der Waals surface area contributed by atoms with Crippen molar-refractivity contribution in [2.45, 2.75) is 6.54 Å². The van der Waals surface area contributed by atoms with Gasteiger partial charge in [0.05, 0.1) is 12.1 Å². The summed E-state index contributed by atoms with van der Waals surface area (Å²) in [6.07, 6.45) is 0. The predicted molar refractivity (Wildman–Crippen MR) is 109 cm³/mol. The van der Waals surface area contributed by atoms with E-state index in [0.29, 0.717) is 37.3 Å². The summed E-state index contributed by atoms with van der Waals surface area (Å²) < 4.78 is 6.54. The lowest BCUT2D eigenvalue weighted by Gasteiger charge is -2.34. The molecule has 2 amide bonds. The van der Waals surface area contributed by atoms with Crippen molar-refractivity contribution >= 4 is 28.6 Å². The monoisotopic (exact) mass is 394 g/mol. The van der Waals surface area contributed by atoms with Crippen molar-refractivity contribution in [2.75, 3.05) is 38.0 Å². The van der Waals surface area contributed by atoms with E-state index in [-0.39, 0.29) is 24.9 Å². The van der Waals surface area contributed by atoms with Crippen LogP contribution in [-0.4, -0.2) is 58.9 Å². The number of carbonyl (C=O) groups is 2. The minimum atomic E-state index is -0.532. The van der Waals surface area contributed by atoms with E-state index in [1.165, 1.54) is 4.57 Å². The minimum absolute atomic E-state index is 0.0513. The molecule has 3 aromatic rings. The maximum Gasteiger partial charge on any atom is 0.420 e. The lowest BCUT2D eigenvalue weighted by molar-refractivity contribution is -0.133. The second-order valence-corrected chi connectivity index (χ2v) is 6.99. The molecule has 0 atom stereocenters. The Balaban J connectivity index is 1.30. The van der Waals surface area contributed by atoms with E-state index in [1.807, 2.05) is 35.2 Å². The van der Waals surface area contributed by atoms with Gasteiger partial charge in [-0.1, -0.05) is 30.3 Å². The number of anilines is 1. The van der Waals surface area contributed by atoms with E-state index in [2.05, 4.69) is 5.32 Å². The second kappa shape index (κ2) is 8.32. The molecule has 1 aromatic heterocycles. The first-order chi connectivity index (χ1) is 14.1. The fourth-order valence-electron chi connectivity index (χ4n) is 3.48. The van der Waals surface area contributed by atoms with Gasteiger partial charge in [0.1, 0.15) is 6.54 Å². The summed E-state index contributed by atoms with van der Waals surface area (Å²) in [6, 6.07) is 16.4. The number of piperazine rings is 1.